The van der Waals surface area contributed by atoms with Crippen LogP contribution in [0.2, 0.25) is 0 Å². The molecular weight excluding hydrogens is 404 g/mol. The third kappa shape index (κ3) is 6.94. The molecule has 0 bridgehead atoms. The number of aryl methyl sites for hydroxylation is 1. The molecular formula is C26H28N2O4. The van der Waals surface area contributed by atoms with E-state index >= 15 is 0 Å². The van der Waals surface area contributed by atoms with Gasteiger partial charge in [0.1, 0.15) is 6.61 Å². The molecule has 0 radical (unpaired) electrons. The van der Waals surface area contributed by atoms with Crippen molar-refractivity contribution >= 4 is 11.8 Å². The second-order valence-corrected chi connectivity index (χ2v) is 7.80. The van der Waals surface area contributed by atoms with Crippen LogP contribution in [-0.2, 0) is 24.2 Å². The molecule has 1 unspecified atom stereocenters. The third-order valence-corrected chi connectivity index (χ3v) is 5.36. The van der Waals surface area contributed by atoms with Crippen LogP contribution in [0.25, 0.3) is 0 Å². The van der Waals surface area contributed by atoms with Gasteiger partial charge < -0.3 is 9.64 Å². The average molecular weight is 433 g/mol. The van der Waals surface area contributed by atoms with E-state index in [0.29, 0.717) is 6.54 Å². The van der Waals surface area contributed by atoms with Crippen LogP contribution in [0.1, 0.15) is 30.0 Å². The minimum Gasteiger partial charge on any atom is -0.445 e. The van der Waals surface area contributed by atoms with Gasteiger partial charge in [0.2, 0.25) is 0 Å². The predicted octanol–water partition coefficient (Wildman–Crippen LogP) is 5.80. The number of nitrogens with zero attached hydrogens (tertiary/aromatic N) is 2. The summed E-state index contributed by atoms with van der Waals surface area (Å²) in [4.78, 5) is 25.1. The third-order valence-electron chi connectivity index (χ3n) is 5.36. The van der Waals surface area contributed by atoms with Crippen LogP contribution in [0.4, 0.5) is 10.5 Å². The van der Waals surface area contributed by atoms with E-state index in [1.54, 1.807) is 17.0 Å². The zero-order chi connectivity index (χ0) is 22.8. The Hall–Kier alpha value is -3.67. The number of amides is 1. The maximum Gasteiger partial charge on any atom is 0.410 e. The largest absolute Gasteiger partial charge is 0.445 e. The molecule has 32 heavy (non-hydrogen) atoms. The fourth-order valence-electron chi connectivity index (χ4n) is 3.60. The normalized spacial score (nSPS) is 11.5. The zero-order valence-electron chi connectivity index (χ0n) is 18.2. The molecule has 0 aliphatic rings. The van der Waals surface area contributed by atoms with Gasteiger partial charge in [-0.1, -0.05) is 72.8 Å². The van der Waals surface area contributed by atoms with Crippen molar-refractivity contribution in [3.63, 3.8) is 0 Å². The highest BCUT2D eigenvalue weighted by Crippen LogP contribution is 2.16. The van der Waals surface area contributed by atoms with E-state index in [-0.39, 0.29) is 24.4 Å². The van der Waals surface area contributed by atoms with Crippen LogP contribution in [0.5, 0.6) is 0 Å². The molecule has 0 saturated carbocycles. The van der Waals surface area contributed by atoms with Gasteiger partial charge in [-0.25, -0.2) is 4.79 Å². The van der Waals surface area contributed by atoms with Gasteiger partial charge in [0, 0.05) is 24.7 Å². The van der Waals surface area contributed by atoms with Gasteiger partial charge in [0.25, 0.3) is 5.69 Å². The van der Waals surface area contributed by atoms with Crippen molar-refractivity contribution in [2.45, 2.75) is 38.8 Å². The number of nitro groups is 1. The van der Waals surface area contributed by atoms with Crippen LogP contribution in [-0.4, -0.2) is 28.5 Å². The zero-order valence-corrected chi connectivity index (χ0v) is 18.2. The van der Waals surface area contributed by atoms with Crippen molar-refractivity contribution in [3.8, 4) is 0 Å². The van der Waals surface area contributed by atoms with E-state index in [1.807, 2.05) is 55.5 Å². The van der Waals surface area contributed by atoms with Gasteiger partial charge in [-0.05, 0) is 42.9 Å². The number of carbonyl (C=O) groups excluding carboxylic acids is 1. The maximum atomic E-state index is 12.9. The first-order valence-electron chi connectivity index (χ1n) is 10.8. The number of non-ortho nitro benzene ring substituents is 1. The number of carbonyl (C=O) groups is 1. The van der Waals surface area contributed by atoms with Crippen molar-refractivity contribution < 1.29 is 14.5 Å². The summed E-state index contributed by atoms with van der Waals surface area (Å²) in [5.41, 5.74) is 3.19. The summed E-state index contributed by atoms with van der Waals surface area (Å²) in [7, 11) is 0. The highest BCUT2D eigenvalue weighted by atomic mass is 16.6. The Balaban J connectivity index is 1.62. The van der Waals surface area contributed by atoms with E-state index in [2.05, 4.69) is 12.1 Å². The van der Waals surface area contributed by atoms with Crippen LogP contribution in [0, 0.1) is 10.1 Å². The Kier molecular flexibility index (Phi) is 8.37. The number of ether oxygens (including phenoxy) is 1. The van der Waals surface area contributed by atoms with Crippen LogP contribution in [0.3, 0.4) is 0 Å². The summed E-state index contributed by atoms with van der Waals surface area (Å²) < 4.78 is 5.61. The van der Waals surface area contributed by atoms with Gasteiger partial charge in [0.15, 0.2) is 0 Å². The molecule has 3 aromatic carbocycles. The number of hydrogen-bond acceptors (Lipinski definition) is 4. The first kappa shape index (κ1) is 23.0. The summed E-state index contributed by atoms with van der Waals surface area (Å²) >= 11 is 0. The molecule has 0 aliphatic heterocycles. The summed E-state index contributed by atoms with van der Waals surface area (Å²) in [6, 6.07) is 26.2. The van der Waals surface area contributed by atoms with Crippen molar-refractivity contribution in [1.82, 2.24) is 4.90 Å². The first-order valence-corrected chi connectivity index (χ1v) is 10.8. The van der Waals surface area contributed by atoms with E-state index in [0.717, 1.165) is 36.0 Å². The van der Waals surface area contributed by atoms with Crippen molar-refractivity contribution in [2.75, 3.05) is 6.54 Å². The summed E-state index contributed by atoms with van der Waals surface area (Å²) in [6.45, 7) is 2.80. The number of benzene rings is 3. The van der Waals surface area contributed by atoms with E-state index in [9.17, 15) is 14.9 Å². The second-order valence-electron chi connectivity index (χ2n) is 7.80. The molecule has 0 fully saturated rings. The highest BCUT2D eigenvalue weighted by molar-refractivity contribution is 5.68. The standard InChI is InChI=1S/C26H28N2O4/c1-21(19-23-9-4-2-5-10-23)27(26(29)32-20-24-11-6-3-7-12-24)18-8-13-22-14-16-25(17-15-22)28(30)31/h2-7,9-12,14-17,21H,8,13,18-20H2,1H3. The van der Waals surface area contributed by atoms with Crippen LogP contribution < -0.4 is 0 Å². The quantitative estimate of drug-likeness (QED) is 0.300. The van der Waals surface area contributed by atoms with Crippen molar-refractivity contribution in [2.24, 2.45) is 0 Å². The lowest BCUT2D eigenvalue weighted by atomic mass is 10.1. The smallest absolute Gasteiger partial charge is 0.410 e. The van der Waals surface area contributed by atoms with Crippen LogP contribution >= 0.6 is 0 Å². The van der Waals surface area contributed by atoms with E-state index < -0.39 is 4.92 Å². The highest BCUT2D eigenvalue weighted by Gasteiger charge is 2.21. The van der Waals surface area contributed by atoms with Gasteiger partial charge in [0.05, 0.1) is 4.92 Å². The lowest BCUT2D eigenvalue weighted by Gasteiger charge is -2.29. The Morgan fingerprint density at radius 2 is 1.50 bits per heavy atom. The van der Waals surface area contributed by atoms with E-state index in [1.165, 1.54) is 12.1 Å². The predicted molar refractivity (Wildman–Crippen MR) is 124 cm³/mol. The molecule has 0 spiro atoms. The maximum absolute atomic E-state index is 12.9. The fourth-order valence-corrected chi connectivity index (χ4v) is 3.60. The Bertz CT molecular complexity index is 991. The summed E-state index contributed by atoms with van der Waals surface area (Å²) in [5.74, 6) is 0. The molecule has 166 valence electrons. The van der Waals surface area contributed by atoms with Gasteiger partial charge in [-0.3, -0.25) is 10.1 Å². The van der Waals surface area contributed by atoms with Gasteiger partial charge in [-0.15, -0.1) is 0 Å². The number of rotatable bonds is 10. The molecule has 1 atom stereocenters. The molecule has 3 rings (SSSR count). The van der Waals surface area contributed by atoms with Crippen molar-refractivity contribution in [1.29, 1.82) is 0 Å². The van der Waals surface area contributed by atoms with E-state index in [4.69, 9.17) is 4.74 Å². The van der Waals surface area contributed by atoms with Crippen LogP contribution in [0.15, 0.2) is 84.9 Å². The molecule has 3 aromatic rings. The topological polar surface area (TPSA) is 72.7 Å². The fraction of sp³-hybridized carbons (Fsp3) is 0.269. The molecule has 0 aliphatic carbocycles. The molecule has 6 heteroatoms. The van der Waals surface area contributed by atoms with Gasteiger partial charge in [-0.2, -0.15) is 0 Å². The minimum absolute atomic E-state index is 0.0301. The molecule has 1 amide bonds. The molecule has 0 heterocycles. The molecule has 0 aromatic heterocycles. The monoisotopic (exact) mass is 432 g/mol. The second kappa shape index (κ2) is 11.6. The summed E-state index contributed by atoms with van der Waals surface area (Å²) in [5, 5.41) is 10.8. The lowest BCUT2D eigenvalue weighted by molar-refractivity contribution is -0.384. The Labute approximate surface area is 188 Å². The summed E-state index contributed by atoms with van der Waals surface area (Å²) in [6.07, 6.45) is 1.86. The molecule has 0 saturated heterocycles. The van der Waals surface area contributed by atoms with Gasteiger partial charge >= 0.3 is 6.09 Å². The Morgan fingerprint density at radius 1 is 0.906 bits per heavy atom. The number of nitro benzene ring substituents is 1. The Morgan fingerprint density at radius 3 is 2.09 bits per heavy atom. The van der Waals surface area contributed by atoms with Crippen molar-refractivity contribution in [3.05, 3.63) is 112 Å². The average Bonchev–Trinajstić information content (AvgIpc) is 2.82. The first-order chi connectivity index (χ1) is 15.5. The minimum atomic E-state index is -0.403. The molecule has 6 nitrogen and oxygen atoms in total. The SMILES string of the molecule is CC(Cc1ccccc1)N(CCCc1ccc([N+](=O)[O-])cc1)C(=O)OCc1ccccc1. The molecule has 0 N–H and O–H groups in total. The number of hydrogen-bond donors (Lipinski definition) is 0. The lowest BCUT2D eigenvalue weighted by Crippen LogP contribution is -2.41.